The molecule has 2 heterocycles. The first-order valence-electron chi connectivity index (χ1n) is 10.4. The van der Waals surface area contributed by atoms with Crippen molar-refractivity contribution in [3.05, 3.63) is 94.8 Å². The zero-order valence-electron chi connectivity index (χ0n) is 18.0. The van der Waals surface area contributed by atoms with E-state index in [9.17, 15) is 29.2 Å². The summed E-state index contributed by atoms with van der Waals surface area (Å²) in [6, 6.07) is 20.3. The molecule has 8 nitrogen and oxygen atoms in total. The molecule has 1 saturated carbocycles. The lowest BCUT2D eigenvalue weighted by molar-refractivity contribution is -0.150. The molecule has 9 heteroatoms. The van der Waals surface area contributed by atoms with Gasteiger partial charge in [0.15, 0.2) is 21.0 Å². The van der Waals surface area contributed by atoms with Crippen molar-refractivity contribution in [1.82, 2.24) is 4.98 Å². The largest absolute Gasteiger partial charge is 0.476 e. The van der Waals surface area contributed by atoms with Crippen molar-refractivity contribution in [1.29, 1.82) is 10.5 Å². The van der Waals surface area contributed by atoms with Crippen LogP contribution in [0.5, 0.6) is 5.75 Å². The Morgan fingerprint density at radius 3 is 2.26 bits per heavy atom. The molecule has 5 unspecified atom stereocenters. The summed E-state index contributed by atoms with van der Waals surface area (Å²) >= 11 is 0. The van der Waals surface area contributed by atoms with Crippen LogP contribution in [0.2, 0.25) is 0 Å². The van der Waals surface area contributed by atoms with Gasteiger partial charge < -0.3 is 14.9 Å². The van der Waals surface area contributed by atoms with Crippen molar-refractivity contribution in [3.63, 3.8) is 0 Å². The summed E-state index contributed by atoms with van der Waals surface area (Å²) in [6.45, 7) is 0. The van der Waals surface area contributed by atoms with Gasteiger partial charge in [-0.3, -0.25) is 4.98 Å². The lowest BCUT2D eigenvalue weighted by Crippen LogP contribution is -2.52. The van der Waals surface area contributed by atoms with Crippen LogP contribution in [0.1, 0.15) is 33.9 Å². The molecule has 0 amide bonds. The number of pyridine rings is 1. The molecule has 1 aliphatic heterocycles. The molecule has 5 atom stereocenters. The van der Waals surface area contributed by atoms with Crippen LogP contribution in [-0.4, -0.2) is 41.2 Å². The van der Waals surface area contributed by atoms with E-state index in [0.29, 0.717) is 16.7 Å². The minimum Gasteiger partial charge on any atom is -0.476 e. The number of ether oxygens (including phenoxy) is 1. The molecule has 3 aromatic rings. The molecule has 2 aliphatic rings. The average molecular weight is 474 g/mol. The van der Waals surface area contributed by atoms with Gasteiger partial charge in [-0.15, -0.1) is 0 Å². The number of aliphatic hydroxyl groups excluding tert-OH is 1. The second kappa shape index (κ2) is 7.37. The zero-order valence-corrected chi connectivity index (χ0v) is 18.8. The number of fused-ring (bicyclic) bond motifs is 3. The summed E-state index contributed by atoms with van der Waals surface area (Å²) in [5.74, 6) is -0.964. The van der Waals surface area contributed by atoms with E-state index in [0.717, 1.165) is 6.26 Å². The summed E-state index contributed by atoms with van der Waals surface area (Å²) in [4.78, 5) is 4.24. The molecular weight excluding hydrogens is 454 g/mol. The van der Waals surface area contributed by atoms with Gasteiger partial charge in [-0.2, -0.15) is 10.5 Å². The Kier molecular flexibility index (Phi) is 4.78. The highest BCUT2D eigenvalue weighted by Crippen LogP contribution is 2.67. The van der Waals surface area contributed by atoms with Crippen LogP contribution in [0.15, 0.2) is 66.9 Å². The van der Waals surface area contributed by atoms with Crippen LogP contribution in [0.25, 0.3) is 0 Å². The fourth-order valence-corrected chi connectivity index (χ4v) is 6.93. The lowest BCUT2D eigenvalue weighted by Gasteiger charge is -2.40. The Morgan fingerprint density at radius 2 is 1.68 bits per heavy atom. The average Bonchev–Trinajstić information content (AvgIpc) is 3.22. The van der Waals surface area contributed by atoms with Gasteiger partial charge in [0, 0.05) is 18.5 Å². The summed E-state index contributed by atoms with van der Waals surface area (Å²) in [6.07, 6.45) is 0.457. The quantitative estimate of drug-likeness (QED) is 0.587. The number of rotatable bonds is 3. The number of hydrogen-bond acceptors (Lipinski definition) is 8. The van der Waals surface area contributed by atoms with Crippen molar-refractivity contribution in [2.75, 3.05) is 6.26 Å². The summed E-state index contributed by atoms with van der Waals surface area (Å²) in [7, 11) is -3.93. The number of nitriles is 2. The topological polar surface area (TPSA) is 144 Å². The Labute approximate surface area is 196 Å². The Balaban J connectivity index is 1.89. The number of benzene rings is 2. The van der Waals surface area contributed by atoms with Crippen LogP contribution in [0.4, 0.5) is 0 Å². The molecule has 0 radical (unpaired) electrons. The summed E-state index contributed by atoms with van der Waals surface area (Å²) < 4.78 is 32.5. The van der Waals surface area contributed by atoms with E-state index in [2.05, 4.69) is 4.98 Å². The maximum atomic E-state index is 13.1. The SMILES string of the molecule is CS(=O)(=O)C1C(O)C2(O)c3ncc(C#N)cc3OC2(c2ccc(C#N)cc2)C1c1ccccc1. The van der Waals surface area contributed by atoms with Gasteiger partial charge in [0.1, 0.15) is 28.9 Å². The van der Waals surface area contributed by atoms with Crippen LogP contribution in [0, 0.1) is 22.7 Å². The highest BCUT2D eigenvalue weighted by molar-refractivity contribution is 7.91. The van der Waals surface area contributed by atoms with Crippen LogP contribution < -0.4 is 4.74 Å². The van der Waals surface area contributed by atoms with Gasteiger partial charge in [0.05, 0.1) is 23.1 Å². The first kappa shape index (κ1) is 22.1. The molecule has 0 spiro atoms. The van der Waals surface area contributed by atoms with Gasteiger partial charge in [0.25, 0.3) is 0 Å². The molecule has 2 aromatic carbocycles. The normalized spacial score (nSPS) is 29.4. The third kappa shape index (κ3) is 2.75. The number of aliphatic hydroxyl groups is 2. The van der Waals surface area contributed by atoms with Crippen molar-refractivity contribution in [2.45, 2.75) is 28.5 Å². The van der Waals surface area contributed by atoms with E-state index in [4.69, 9.17) is 4.74 Å². The molecule has 170 valence electrons. The van der Waals surface area contributed by atoms with E-state index in [1.54, 1.807) is 42.5 Å². The second-order valence-electron chi connectivity index (χ2n) is 8.60. The fourth-order valence-electron chi connectivity index (χ4n) is 5.43. The highest BCUT2D eigenvalue weighted by Gasteiger charge is 2.78. The zero-order chi connectivity index (χ0) is 24.3. The van der Waals surface area contributed by atoms with Gasteiger partial charge in [-0.1, -0.05) is 42.5 Å². The van der Waals surface area contributed by atoms with Gasteiger partial charge in [-0.25, -0.2) is 8.42 Å². The molecule has 34 heavy (non-hydrogen) atoms. The van der Waals surface area contributed by atoms with E-state index >= 15 is 0 Å². The van der Waals surface area contributed by atoms with Crippen molar-refractivity contribution in [2.24, 2.45) is 0 Å². The molecular formula is C25H19N3O5S. The Bertz CT molecular complexity index is 1480. The fraction of sp³-hybridized carbons (Fsp3) is 0.240. The molecule has 0 saturated heterocycles. The highest BCUT2D eigenvalue weighted by atomic mass is 32.2. The Morgan fingerprint density at radius 1 is 1.03 bits per heavy atom. The predicted octanol–water partition coefficient (Wildman–Crippen LogP) is 1.87. The van der Waals surface area contributed by atoms with Crippen molar-refractivity contribution in [3.8, 4) is 17.9 Å². The van der Waals surface area contributed by atoms with Gasteiger partial charge >= 0.3 is 0 Å². The summed E-state index contributed by atoms with van der Waals surface area (Å²) in [5, 5.41) is 41.0. The number of aromatic nitrogens is 1. The van der Waals surface area contributed by atoms with E-state index in [-0.39, 0.29) is 17.0 Å². The first-order valence-corrected chi connectivity index (χ1v) is 12.4. The van der Waals surface area contributed by atoms with Gasteiger partial charge in [-0.05, 0) is 23.3 Å². The predicted molar refractivity (Wildman–Crippen MR) is 120 cm³/mol. The third-order valence-corrected chi connectivity index (χ3v) is 8.30. The molecule has 0 bridgehead atoms. The Hall–Kier alpha value is -3.76. The van der Waals surface area contributed by atoms with Gasteiger partial charge in [0.2, 0.25) is 0 Å². The molecule has 1 aliphatic carbocycles. The van der Waals surface area contributed by atoms with Crippen molar-refractivity contribution >= 4 is 9.84 Å². The van der Waals surface area contributed by atoms with Crippen LogP contribution in [0.3, 0.4) is 0 Å². The van der Waals surface area contributed by atoms with Crippen LogP contribution in [-0.2, 0) is 21.0 Å². The van der Waals surface area contributed by atoms with Crippen molar-refractivity contribution < 1.29 is 23.4 Å². The van der Waals surface area contributed by atoms with E-state index < -0.39 is 38.3 Å². The minimum absolute atomic E-state index is 0.0459. The monoisotopic (exact) mass is 473 g/mol. The minimum atomic E-state index is -3.93. The van der Waals surface area contributed by atoms with E-state index in [1.165, 1.54) is 24.4 Å². The van der Waals surface area contributed by atoms with Crippen LogP contribution >= 0.6 is 0 Å². The maximum absolute atomic E-state index is 13.1. The first-order chi connectivity index (χ1) is 16.2. The second-order valence-corrected chi connectivity index (χ2v) is 10.8. The lowest BCUT2D eigenvalue weighted by atomic mass is 9.72. The number of sulfone groups is 1. The number of nitrogens with zero attached hydrogens (tertiary/aromatic N) is 3. The third-order valence-electron chi connectivity index (χ3n) is 6.78. The smallest absolute Gasteiger partial charge is 0.182 e. The molecule has 1 fully saturated rings. The summed E-state index contributed by atoms with van der Waals surface area (Å²) in [5.41, 5.74) is -2.68. The molecule has 1 aromatic heterocycles. The molecule has 2 N–H and O–H groups in total. The standard InChI is InChI=1S/C25H19N3O5S/c1-34(31,32)21-20(17-5-3-2-4-6-17)25(18-9-7-15(12-26)8-10-18)24(30,23(21)29)22-19(33-25)11-16(13-27)14-28-22/h2-11,14,20-21,23,29-30H,1H3. The number of hydrogen-bond donors (Lipinski definition) is 2. The maximum Gasteiger partial charge on any atom is 0.182 e. The molecule has 5 rings (SSSR count). The van der Waals surface area contributed by atoms with E-state index in [1.807, 2.05) is 12.1 Å².